The van der Waals surface area contributed by atoms with Gasteiger partial charge in [-0.25, -0.2) is 0 Å². The van der Waals surface area contributed by atoms with E-state index in [-0.39, 0.29) is 5.91 Å². The molecule has 0 spiro atoms. The van der Waals surface area contributed by atoms with Gasteiger partial charge in [-0.05, 0) is 30.5 Å². The van der Waals surface area contributed by atoms with Crippen LogP contribution in [0.1, 0.15) is 25.0 Å². The van der Waals surface area contributed by atoms with Gasteiger partial charge in [-0.3, -0.25) is 4.79 Å². The first-order valence-corrected chi connectivity index (χ1v) is 6.93. The zero-order chi connectivity index (χ0) is 15.8. The minimum Gasteiger partial charge on any atom is -0.504 e. The van der Waals surface area contributed by atoms with Gasteiger partial charge in [-0.1, -0.05) is 30.8 Å². The second-order valence-electron chi connectivity index (χ2n) is 4.86. The molecule has 0 bridgehead atoms. The molecule has 0 saturated heterocycles. The van der Waals surface area contributed by atoms with E-state index in [2.05, 4.69) is 11.9 Å². The summed E-state index contributed by atoms with van der Waals surface area (Å²) in [4.78, 5) is 11.8. The van der Waals surface area contributed by atoms with Gasteiger partial charge in [-0.15, -0.1) is 0 Å². The van der Waals surface area contributed by atoms with Crippen LogP contribution in [0.3, 0.4) is 0 Å². The fraction of sp³-hybridized carbons (Fsp3) is 0.353. The highest BCUT2D eigenvalue weighted by Gasteiger charge is 2.11. The van der Waals surface area contributed by atoms with Crippen molar-refractivity contribution in [2.75, 3.05) is 13.7 Å². The van der Waals surface area contributed by atoms with Gasteiger partial charge in [0.1, 0.15) is 0 Å². The SMILES string of the molecule is C=C(C(=O)NCC)c1cccc(CC(O)/C(C)=C/OC)c1. The molecule has 0 radical (unpaired) electrons. The fourth-order valence-corrected chi connectivity index (χ4v) is 1.93. The topological polar surface area (TPSA) is 58.6 Å². The molecule has 0 aliphatic carbocycles. The van der Waals surface area contributed by atoms with E-state index in [1.165, 1.54) is 6.26 Å². The van der Waals surface area contributed by atoms with Gasteiger partial charge in [0.15, 0.2) is 0 Å². The van der Waals surface area contributed by atoms with Crippen molar-refractivity contribution in [2.24, 2.45) is 0 Å². The Morgan fingerprint density at radius 3 is 2.86 bits per heavy atom. The van der Waals surface area contributed by atoms with Crippen LogP contribution < -0.4 is 5.32 Å². The summed E-state index contributed by atoms with van der Waals surface area (Å²) in [5.41, 5.74) is 2.89. The zero-order valence-electron chi connectivity index (χ0n) is 12.8. The molecule has 0 aliphatic heterocycles. The van der Waals surface area contributed by atoms with Crippen LogP contribution in [0.5, 0.6) is 0 Å². The first-order chi connectivity index (χ1) is 9.99. The molecule has 0 fully saturated rings. The molecule has 1 rings (SSSR count). The van der Waals surface area contributed by atoms with Gasteiger partial charge < -0.3 is 15.2 Å². The van der Waals surface area contributed by atoms with Crippen molar-refractivity contribution >= 4 is 11.5 Å². The van der Waals surface area contributed by atoms with Gasteiger partial charge in [0.25, 0.3) is 5.91 Å². The molecule has 1 atom stereocenters. The minimum atomic E-state index is -0.613. The molecule has 0 aliphatic rings. The third kappa shape index (κ3) is 5.08. The molecule has 0 saturated carbocycles. The van der Waals surface area contributed by atoms with Gasteiger partial charge in [0.2, 0.25) is 0 Å². The quantitative estimate of drug-likeness (QED) is 0.598. The van der Waals surface area contributed by atoms with Crippen LogP contribution in [-0.4, -0.2) is 30.8 Å². The number of amides is 1. The number of carbonyl (C=O) groups is 1. The third-order valence-corrected chi connectivity index (χ3v) is 3.15. The molecule has 1 unspecified atom stereocenters. The van der Waals surface area contributed by atoms with Crippen LogP contribution >= 0.6 is 0 Å². The third-order valence-electron chi connectivity index (χ3n) is 3.15. The van der Waals surface area contributed by atoms with Crippen molar-refractivity contribution in [3.63, 3.8) is 0 Å². The van der Waals surface area contributed by atoms with Gasteiger partial charge in [0, 0.05) is 18.5 Å². The van der Waals surface area contributed by atoms with E-state index in [1.807, 2.05) is 38.1 Å². The lowest BCUT2D eigenvalue weighted by Crippen LogP contribution is -2.23. The van der Waals surface area contributed by atoms with E-state index >= 15 is 0 Å². The van der Waals surface area contributed by atoms with Crippen molar-refractivity contribution in [2.45, 2.75) is 26.4 Å². The maximum atomic E-state index is 11.8. The number of aliphatic hydroxyl groups excluding tert-OH is 1. The number of nitrogens with one attached hydrogen (secondary N) is 1. The lowest BCUT2D eigenvalue weighted by molar-refractivity contribution is -0.115. The molecule has 114 valence electrons. The highest BCUT2D eigenvalue weighted by Crippen LogP contribution is 2.17. The molecular weight excluding hydrogens is 266 g/mol. The predicted octanol–water partition coefficient (Wildman–Crippen LogP) is 2.29. The first-order valence-electron chi connectivity index (χ1n) is 6.93. The molecule has 2 N–H and O–H groups in total. The average molecular weight is 289 g/mol. The zero-order valence-corrected chi connectivity index (χ0v) is 12.8. The Morgan fingerprint density at radius 1 is 1.52 bits per heavy atom. The molecule has 4 heteroatoms. The monoisotopic (exact) mass is 289 g/mol. The van der Waals surface area contributed by atoms with E-state index in [4.69, 9.17) is 4.74 Å². The van der Waals surface area contributed by atoms with Crippen molar-refractivity contribution in [3.05, 3.63) is 53.8 Å². The molecule has 21 heavy (non-hydrogen) atoms. The van der Waals surface area contributed by atoms with E-state index in [1.54, 1.807) is 7.11 Å². The number of carbonyl (C=O) groups excluding carboxylic acids is 1. The fourth-order valence-electron chi connectivity index (χ4n) is 1.93. The predicted molar refractivity (Wildman–Crippen MR) is 84.6 cm³/mol. The normalized spacial score (nSPS) is 12.7. The summed E-state index contributed by atoms with van der Waals surface area (Å²) in [5.74, 6) is -0.175. The van der Waals surface area contributed by atoms with Crippen LogP contribution in [0.25, 0.3) is 5.57 Å². The minimum absolute atomic E-state index is 0.175. The maximum absolute atomic E-state index is 11.8. The van der Waals surface area contributed by atoms with E-state index in [9.17, 15) is 9.90 Å². The molecule has 4 nitrogen and oxygen atoms in total. The highest BCUT2D eigenvalue weighted by atomic mass is 16.5. The van der Waals surface area contributed by atoms with Crippen LogP contribution in [0, 0.1) is 0 Å². The van der Waals surface area contributed by atoms with Gasteiger partial charge >= 0.3 is 0 Å². The number of benzene rings is 1. The van der Waals surface area contributed by atoms with Crippen molar-refractivity contribution in [1.82, 2.24) is 5.32 Å². The number of aliphatic hydroxyl groups is 1. The highest BCUT2D eigenvalue weighted by molar-refractivity contribution is 6.18. The van der Waals surface area contributed by atoms with Crippen LogP contribution in [0.15, 0.2) is 42.7 Å². The van der Waals surface area contributed by atoms with Crippen molar-refractivity contribution < 1.29 is 14.6 Å². The van der Waals surface area contributed by atoms with Gasteiger partial charge in [-0.2, -0.15) is 0 Å². The van der Waals surface area contributed by atoms with Crippen molar-refractivity contribution in [1.29, 1.82) is 0 Å². The first kappa shape index (κ1) is 17.0. The molecule has 1 amide bonds. The Balaban J connectivity index is 2.84. The summed E-state index contributed by atoms with van der Waals surface area (Å²) in [6.45, 7) is 8.06. The Labute approximate surface area is 126 Å². The van der Waals surface area contributed by atoms with Crippen LogP contribution in [0.2, 0.25) is 0 Å². The summed E-state index contributed by atoms with van der Waals surface area (Å²) in [7, 11) is 1.55. The summed E-state index contributed by atoms with van der Waals surface area (Å²) in [6.07, 6.45) is 1.38. The van der Waals surface area contributed by atoms with Gasteiger partial charge in [0.05, 0.1) is 19.5 Å². The van der Waals surface area contributed by atoms with E-state index in [0.717, 1.165) is 16.7 Å². The number of methoxy groups -OCH3 is 1. The van der Waals surface area contributed by atoms with Crippen LogP contribution in [0.4, 0.5) is 0 Å². The number of hydrogen-bond donors (Lipinski definition) is 2. The molecule has 0 heterocycles. The van der Waals surface area contributed by atoms with Crippen LogP contribution in [-0.2, 0) is 16.0 Å². The molecule has 0 aromatic heterocycles. The molecular formula is C17H23NO3. The smallest absolute Gasteiger partial charge is 0.251 e. The van der Waals surface area contributed by atoms with E-state index in [0.29, 0.717) is 18.5 Å². The summed E-state index contributed by atoms with van der Waals surface area (Å²) >= 11 is 0. The Bertz CT molecular complexity index is 535. The Hall–Kier alpha value is -2.07. The molecule has 1 aromatic carbocycles. The second-order valence-corrected chi connectivity index (χ2v) is 4.86. The van der Waals surface area contributed by atoms with E-state index < -0.39 is 6.10 Å². The molecule has 1 aromatic rings. The number of hydrogen-bond acceptors (Lipinski definition) is 3. The maximum Gasteiger partial charge on any atom is 0.251 e. The summed E-state index contributed by atoms with van der Waals surface area (Å²) < 4.78 is 4.89. The summed E-state index contributed by atoms with van der Waals surface area (Å²) in [6, 6.07) is 7.49. The second kappa shape index (κ2) is 8.27. The number of likely N-dealkylation sites (N-methyl/N-ethyl adjacent to an activating group) is 1. The summed E-state index contributed by atoms with van der Waals surface area (Å²) in [5, 5.41) is 12.8. The Kier molecular flexibility index (Phi) is 6.69. The lowest BCUT2D eigenvalue weighted by Gasteiger charge is -2.13. The number of ether oxygens (including phenoxy) is 1. The average Bonchev–Trinajstić information content (AvgIpc) is 2.47. The number of rotatable bonds is 7. The van der Waals surface area contributed by atoms with Crippen molar-refractivity contribution in [3.8, 4) is 0 Å². The largest absolute Gasteiger partial charge is 0.504 e. The standard InChI is InChI=1S/C17H23NO3/c1-5-18-17(20)13(3)15-8-6-7-14(9-15)10-16(19)12(2)11-21-4/h6-9,11,16,19H,3,5,10H2,1-2,4H3,(H,18,20)/b12-11+. The Morgan fingerprint density at radius 2 is 2.24 bits per heavy atom. The lowest BCUT2D eigenvalue weighted by atomic mass is 9.98.